The Morgan fingerprint density at radius 3 is 2.25 bits per heavy atom. The summed E-state index contributed by atoms with van der Waals surface area (Å²) in [5.41, 5.74) is 1.55. The van der Waals surface area contributed by atoms with E-state index >= 15 is 0 Å². The fraction of sp³-hybridized carbons (Fsp3) is 0.368. The van der Waals surface area contributed by atoms with Crippen LogP contribution in [-0.2, 0) is 21.4 Å². The molecule has 9 heteroatoms. The Kier molecular flexibility index (Phi) is 6.17. The van der Waals surface area contributed by atoms with E-state index in [4.69, 9.17) is 0 Å². The number of rotatable bonds is 5. The molecule has 1 fully saturated rings. The summed E-state index contributed by atoms with van der Waals surface area (Å²) in [6.45, 7) is 5.23. The minimum absolute atomic E-state index is 0.0508. The van der Waals surface area contributed by atoms with Gasteiger partial charge in [-0.2, -0.15) is 4.31 Å². The van der Waals surface area contributed by atoms with E-state index in [9.17, 15) is 18.0 Å². The molecule has 1 saturated heterocycles. The zero-order valence-corrected chi connectivity index (χ0v) is 17.5. The first-order valence-corrected chi connectivity index (χ1v) is 11.3. The molecule has 150 valence electrons. The van der Waals surface area contributed by atoms with Crippen LogP contribution >= 0.6 is 11.3 Å². The van der Waals surface area contributed by atoms with Gasteiger partial charge in [0.15, 0.2) is 0 Å². The van der Waals surface area contributed by atoms with Crippen LogP contribution in [0.4, 0.5) is 0 Å². The van der Waals surface area contributed by atoms with Gasteiger partial charge in [-0.05, 0) is 48.2 Å². The molecule has 2 amide bonds. The van der Waals surface area contributed by atoms with Crippen molar-refractivity contribution in [2.45, 2.75) is 25.3 Å². The zero-order valence-electron chi connectivity index (χ0n) is 15.8. The molecule has 2 heterocycles. The summed E-state index contributed by atoms with van der Waals surface area (Å²) < 4.78 is 26.9. The van der Waals surface area contributed by atoms with Crippen LogP contribution in [0.1, 0.15) is 27.7 Å². The van der Waals surface area contributed by atoms with Gasteiger partial charge in [0.25, 0.3) is 5.91 Å². The predicted octanol–water partition coefficient (Wildman–Crippen LogP) is 1.84. The van der Waals surface area contributed by atoms with Crippen molar-refractivity contribution in [3.63, 3.8) is 0 Å². The Morgan fingerprint density at radius 1 is 1.07 bits per heavy atom. The van der Waals surface area contributed by atoms with Crippen molar-refractivity contribution in [1.82, 2.24) is 14.5 Å². The maximum Gasteiger partial charge on any atom is 0.251 e. The van der Waals surface area contributed by atoms with Gasteiger partial charge in [0.1, 0.15) is 0 Å². The van der Waals surface area contributed by atoms with E-state index in [0.29, 0.717) is 25.2 Å². The molecule has 7 nitrogen and oxygen atoms in total. The summed E-state index contributed by atoms with van der Waals surface area (Å²) in [6.07, 6.45) is 0. The summed E-state index contributed by atoms with van der Waals surface area (Å²) in [5, 5.41) is 4.83. The van der Waals surface area contributed by atoms with Crippen molar-refractivity contribution in [2.24, 2.45) is 0 Å². The summed E-state index contributed by atoms with van der Waals surface area (Å²) in [7, 11) is -3.64. The molecule has 1 aliphatic heterocycles. The molecule has 0 saturated carbocycles. The van der Waals surface area contributed by atoms with Crippen molar-refractivity contribution in [1.29, 1.82) is 0 Å². The van der Waals surface area contributed by atoms with Gasteiger partial charge in [-0.1, -0.05) is 0 Å². The van der Waals surface area contributed by atoms with Crippen LogP contribution in [0.3, 0.4) is 0 Å². The molecule has 2 aromatic rings. The Morgan fingerprint density at radius 2 is 1.71 bits per heavy atom. The molecular formula is C19H23N3O4S2. The van der Waals surface area contributed by atoms with Gasteiger partial charge in [0, 0.05) is 43.5 Å². The second-order valence-electron chi connectivity index (χ2n) is 6.64. The Bertz CT molecular complexity index is 959. The molecule has 0 spiro atoms. The van der Waals surface area contributed by atoms with E-state index in [2.05, 4.69) is 5.32 Å². The second-order valence-corrected chi connectivity index (χ2v) is 9.58. The van der Waals surface area contributed by atoms with Crippen LogP contribution in [-0.4, -0.2) is 55.6 Å². The van der Waals surface area contributed by atoms with Gasteiger partial charge in [0.05, 0.1) is 11.4 Å². The Balaban J connectivity index is 1.64. The first kappa shape index (κ1) is 20.5. The smallest absolute Gasteiger partial charge is 0.251 e. The highest BCUT2D eigenvalue weighted by Crippen LogP contribution is 2.19. The number of hydrogen-bond acceptors (Lipinski definition) is 5. The van der Waals surface area contributed by atoms with Gasteiger partial charge in [-0.25, -0.2) is 8.42 Å². The van der Waals surface area contributed by atoms with Crippen molar-refractivity contribution in [3.05, 3.63) is 51.7 Å². The van der Waals surface area contributed by atoms with Crippen LogP contribution in [0.2, 0.25) is 0 Å². The van der Waals surface area contributed by atoms with Crippen molar-refractivity contribution >= 4 is 33.2 Å². The number of carbonyl (C=O) groups is 2. The van der Waals surface area contributed by atoms with Crippen LogP contribution < -0.4 is 5.32 Å². The van der Waals surface area contributed by atoms with Gasteiger partial charge in [-0.3, -0.25) is 9.59 Å². The highest BCUT2D eigenvalue weighted by Gasteiger charge is 2.29. The Hall–Kier alpha value is -2.23. The molecule has 0 radical (unpaired) electrons. The van der Waals surface area contributed by atoms with Crippen molar-refractivity contribution < 1.29 is 18.0 Å². The average molecular weight is 422 g/mol. The number of thiophene rings is 1. The average Bonchev–Trinajstić information content (AvgIpc) is 3.11. The van der Waals surface area contributed by atoms with Crippen molar-refractivity contribution in [2.75, 3.05) is 26.2 Å². The van der Waals surface area contributed by atoms with Crippen LogP contribution in [0.25, 0.3) is 0 Å². The fourth-order valence-corrected chi connectivity index (χ4v) is 5.29. The standard InChI is InChI=1S/C19H23N3O4S2/c1-14-7-12-27-18(14)13-20-19(24)16-3-5-17(6-4-16)28(25,26)22-10-8-21(9-11-22)15(2)23/h3-7,12H,8-11,13H2,1-2H3,(H,20,24). The lowest BCUT2D eigenvalue weighted by atomic mass is 10.2. The van der Waals surface area contributed by atoms with E-state index in [1.54, 1.807) is 16.2 Å². The third kappa shape index (κ3) is 4.43. The van der Waals surface area contributed by atoms with Crippen molar-refractivity contribution in [3.8, 4) is 0 Å². The molecule has 1 aromatic carbocycles. The van der Waals surface area contributed by atoms with Gasteiger partial charge >= 0.3 is 0 Å². The summed E-state index contributed by atoms with van der Waals surface area (Å²) >= 11 is 1.59. The third-order valence-electron chi connectivity index (χ3n) is 4.82. The fourth-order valence-electron chi connectivity index (χ4n) is 3.02. The lowest BCUT2D eigenvalue weighted by Gasteiger charge is -2.33. The highest BCUT2D eigenvalue weighted by atomic mass is 32.2. The maximum absolute atomic E-state index is 12.8. The number of amides is 2. The van der Waals surface area contributed by atoms with E-state index in [1.807, 2.05) is 18.4 Å². The van der Waals surface area contributed by atoms with E-state index in [1.165, 1.54) is 35.5 Å². The van der Waals surface area contributed by atoms with Gasteiger partial charge < -0.3 is 10.2 Å². The number of carbonyl (C=O) groups excluding carboxylic acids is 2. The first-order valence-electron chi connectivity index (χ1n) is 8.96. The summed E-state index contributed by atoms with van der Waals surface area (Å²) in [5.74, 6) is -0.294. The molecule has 0 atom stereocenters. The molecular weight excluding hydrogens is 398 g/mol. The maximum atomic E-state index is 12.8. The lowest BCUT2D eigenvalue weighted by Crippen LogP contribution is -2.49. The van der Waals surface area contributed by atoms with E-state index in [-0.39, 0.29) is 29.8 Å². The molecule has 0 bridgehead atoms. The number of benzene rings is 1. The number of nitrogens with one attached hydrogen (secondary N) is 1. The summed E-state index contributed by atoms with van der Waals surface area (Å²) in [4.78, 5) is 26.6. The van der Waals surface area contributed by atoms with Gasteiger partial charge in [0.2, 0.25) is 15.9 Å². The van der Waals surface area contributed by atoms with E-state index < -0.39 is 10.0 Å². The zero-order chi connectivity index (χ0) is 20.3. The monoisotopic (exact) mass is 421 g/mol. The van der Waals surface area contributed by atoms with Crippen LogP contribution in [0, 0.1) is 6.92 Å². The summed E-state index contributed by atoms with van der Waals surface area (Å²) in [6, 6.07) is 7.96. The molecule has 1 aromatic heterocycles. The van der Waals surface area contributed by atoms with E-state index in [0.717, 1.165) is 10.4 Å². The molecule has 0 aliphatic carbocycles. The topological polar surface area (TPSA) is 86.8 Å². The number of nitrogens with zero attached hydrogens (tertiary/aromatic N) is 2. The molecule has 1 aliphatic rings. The number of piperazine rings is 1. The number of aryl methyl sites for hydroxylation is 1. The Labute approximate surface area is 169 Å². The first-order chi connectivity index (χ1) is 13.3. The second kappa shape index (κ2) is 8.42. The highest BCUT2D eigenvalue weighted by molar-refractivity contribution is 7.89. The minimum Gasteiger partial charge on any atom is -0.347 e. The molecule has 28 heavy (non-hydrogen) atoms. The molecule has 3 rings (SSSR count). The number of hydrogen-bond donors (Lipinski definition) is 1. The minimum atomic E-state index is -3.64. The lowest BCUT2D eigenvalue weighted by molar-refractivity contribution is -0.129. The quantitative estimate of drug-likeness (QED) is 0.798. The molecule has 1 N–H and O–H groups in total. The molecule has 0 unspecified atom stereocenters. The largest absolute Gasteiger partial charge is 0.347 e. The number of sulfonamides is 1. The predicted molar refractivity (Wildman–Crippen MR) is 108 cm³/mol. The van der Waals surface area contributed by atoms with Crippen LogP contribution in [0.5, 0.6) is 0 Å². The third-order valence-corrected chi connectivity index (χ3v) is 7.75. The van der Waals surface area contributed by atoms with Gasteiger partial charge in [-0.15, -0.1) is 11.3 Å². The van der Waals surface area contributed by atoms with Crippen LogP contribution in [0.15, 0.2) is 40.6 Å². The SMILES string of the molecule is CC(=O)N1CCN(S(=O)(=O)c2ccc(C(=O)NCc3sccc3C)cc2)CC1. The normalized spacial score (nSPS) is 15.4.